The number of thiophene rings is 1. The minimum atomic E-state index is -0.630. The molecule has 3 nitrogen and oxygen atoms in total. The van der Waals surface area contributed by atoms with Crippen LogP contribution in [0.5, 0.6) is 0 Å². The number of nitrogens with zero attached hydrogens (tertiary/aromatic N) is 1. The molecule has 3 rings (SSSR count). The zero-order chi connectivity index (χ0) is 14.3. The summed E-state index contributed by atoms with van der Waals surface area (Å²) in [5, 5.41) is 12.2. The SMILES string of the molecule is CCCC1(O)CN(C(=O)c2csc3c2CCC(C)C3)C1. The predicted molar refractivity (Wildman–Crippen MR) is 81.3 cm³/mol. The summed E-state index contributed by atoms with van der Waals surface area (Å²) in [5.41, 5.74) is 1.55. The zero-order valence-electron chi connectivity index (χ0n) is 12.3. The number of fused-ring (bicyclic) bond motifs is 1. The Morgan fingerprint density at radius 3 is 3.00 bits per heavy atom. The van der Waals surface area contributed by atoms with Gasteiger partial charge in [-0.1, -0.05) is 20.3 Å². The van der Waals surface area contributed by atoms with Gasteiger partial charge in [0.15, 0.2) is 0 Å². The van der Waals surface area contributed by atoms with E-state index in [2.05, 4.69) is 13.8 Å². The van der Waals surface area contributed by atoms with E-state index in [-0.39, 0.29) is 5.91 Å². The first-order valence-corrected chi connectivity index (χ1v) is 8.51. The minimum Gasteiger partial charge on any atom is -0.386 e. The van der Waals surface area contributed by atoms with E-state index in [1.807, 2.05) is 5.38 Å². The summed E-state index contributed by atoms with van der Waals surface area (Å²) in [5.74, 6) is 0.862. The molecule has 1 amide bonds. The lowest BCUT2D eigenvalue weighted by atomic mass is 9.86. The molecular weight excluding hydrogens is 270 g/mol. The van der Waals surface area contributed by atoms with Crippen LogP contribution in [-0.2, 0) is 12.8 Å². The van der Waals surface area contributed by atoms with E-state index in [1.165, 1.54) is 16.9 Å². The van der Waals surface area contributed by atoms with Crippen LogP contribution in [0.4, 0.5) is 0 Å². The average molecular weight is 293 g/mol. The lowest BCUT2D eigenvalue weighted by Crippen LogP contribution is -2.63. The fourth-order valence-electron chi connectivity index (χ4n) is 3.46. The first-order chi connectivity index (χ1) is 9.52. The molecule has 1 aromatic heterocycles. The van der Waals surface area contributed by atoms with Crippen LogP contribution in [0, 0.1) is 5.92 Å². The van der Waals surface area contributed by atoms with E-state index in [1.54, 1.807) is 16.2 Å². The first-order valence-electron chi connectivity index (χ1n) is 7.63. The molecule has 0 radical (unpaired) electrons. The van der Waals surface area contributed by atoms with Gasteiger partial charge in [0.1, 0.15) is 0 Å². The van der Waals surface area contributed by atoms with Gasteiger partial charge in [0.05, 0.1) is 24.3 Å². The Morgan fingerprint density at radius 1 is 1.55 bits per heavy atom. The second-order valence-electron chi connectivity index (χ2n) is 6.53. The molecule has 0 saturated carbocycles. The van der Waals surface area contributed by atoms with Crippen LogP contribution in [-0.4, -0.2) is 34.6 Å². The van der Waals surface area contributed by atoms with Crippen molar-refractivity contribution in [2.75, 3.05) is 13.1 Å². The number of likely N-dealkylation sites (tertiary alicyclic amines) is 1. The Labute approximate surface area is 124 Å². The van der Waals surface area contributed by atoms with Gasteiger partial charge >= 0.3 is 0 Å². The van der Waals surface area contributed by atoms with Crippen LogP contribution in [0.3, 0.4) is 0 Å². The van der Waals surface area contributed by atoms with Crippen LogP contribution in [0.25, 0.3) is 0 Å². The molecule has 1 aliphatic carbocycles. The second kappa shape index (κ2) is 5.15. The number of carbonyl (C=O) groups excluding carboxylic acids is 1. The predicted octanol–water partition coefficient (Wildman–Crippen LogP) is 2.86. The van der Waals surface area contributed by atoms with Crippen molar-refractivity contribution >= 4 is 17.2 Å². The van der Waals surface area contributed by atoms with Gasteiger partial charge in [0, 0.05) is 10.3 Å². The third kappa shape index (κ3) is 2.40. The van der Waals surface area contributed by atoms with Gasteiger partial charge in [-0.25, -0.2) is 0 Å². The summed E-state index contributed by atoms with van der Waals surface area (Å²) < 4.78 is 0. The molecular formula is C16H23NO2S. The van der Waals surface area contributed by atoms with E-state index in [9.17, 15) is 9.90 Å². The van der Waals surface area contributed by atoms with Gasteiger partial charge < -0.3 is 10.0 Å². The molecule has 1 unspecified atom stereocenters. The van der Waals surface area contributed by atoms with Crippen molar-refractivity contribution in [2.24, 2.45) is 5.92 Å². The van der Waals surface area contributed by atoms with Crippen molar-refractivity contribution in [3.05, 3.63) is 21.4 Å². The molecule has 1 atom stereocenters. The molecule has 0 aromatic carbocycles. The van der Waals surface area contributed by atoms with Gasteiger partial charge in [-0.05, 0) is 37.2 Å². The molecule has 4 heteroatoms. The summed E-state index contributed by atoms with van der Waals surface area (Å²) in [7, 11) is 0. The largest absolute Gasteiger partial charge is 0.386 e. The highest BCUT2D eigenvalue weighted by Gasteiger charge is 2.43. The molecule has 1 saturated heterocycles. The minimum absolute atomic E-state index is 0.123. The fraction of sp³-hybridized carbons (Fsp3) is 0.688. The van der Waals surface area contributed by atoms with Gasteiger partial charge in [0.25, 0.3) is 5.91 Å². The highest BCUT2D eigenvalue weighted by Crippen LogP contribution is 2.35. The van der Waals surface area contributed by atoms with Gasteiger partial charge in [-0.2, -0.15) is 0 Å². The summed E-state index contributed by atoms with van der Waals surface area (Å²) in [4.78, 5) is 15.8. The molecule has 1 aliphatic heterocycles. The second-order valence-corrected chi connectivity index (χ2v) is 7.50. The maximum absolute atomic E-state index is 12.6. The highest BCUT2D eigenvalue weighted by atomic mass is 32.1. The van der Waals surface area contributed by atoms with E-state index in [0.29, 0.717) is 13.1 Å². The molecule has 2 heterocycles. The van der Waals surface area contributed by atoms with Crippen molar-refractivity contribution in [1.29, 1.82) is 0 Å². The molecule has 1 aromatic rings. The Hall–Kier alpha value is -0.870. The number of rotatable bonds is 3. The third-order valence-corrected chi connectivity index (χ3v) is 5.66. The summed E-state index contributed by atoms with van der Waals surface area (Å²) >= 11 is 1.74. The lowest BCUT2D eigenvalue weighted by molar-refractivity contribution is -0.0860. The number of carbonyl (C=O) groups is 1. The van der Waals surface area contributed by atoms with Crippen LogP contribution in [0.2, 0.25) is 0 Å². The normalized spacial score (nSPS) is 24.1. The Balaban J connectivity index is 1.71. The molecule has 1 N–H and O–H groups in total. The van der Waals surface area contributed by atoms with Crippen molar-refractivity contribution in [3.8, 4) is 0 Å². The van der Waals surface area contributed by atoms with Crippen molar-refractivity contribution in [3.63, 3.8) is 0 Å². The number of β-amino-alcohol motifs (C(OH)–C–C–N with tert-alkyl or cyclic N) is 1. The van der Waals surface area contributed by atoms with Gasteiger partial charge in [-0.3, -0.25) is 4.79 Å². The van der Waals surface area contributed by atoms with Crippen LogP contribution in [0.1, 0.15) is 53.9 Å². The van der Waals surface area contributed by atoms with Crippen LogP contribution in [0.15, 0.2) is 5.38 Å². The molecule has 1 fully saturated rings. The number of hydrogen-bond acceptors (Lipinski definition) is 3. The highest BCUT2D eigenvalue weighted by molar-refractivity contribution is 7.10. The standard InChI is InChI=1S/C16H23NO2S/c1-3-6-16(19)9-17(10-16)15(18)13-8-20-14-7-11(2)4-5-12(13)14/h8,11,19H,3-7,9-10H2,1-2H3. The molecule has 110 valence electrons. The maximum atomic E-state index is 12.6. The van der Waals surface area contributed by atoms with E-state index in [0.717, 1.165) is 37.2 Å². The number of amides is 1. The van der Waals surface area contributed by atoms with E-state index in [4.69, 9.17) is 0 Å². The van der Waals surface area contributed by atoms with Crippen molar-refractivity contribution in [2.45, 2.75) is 51.6 Å². The summed E-state index contributed by atoms with van der Waals surface area (Å²) in [6.07, 6.45) is 5.09. The average Bonchev–Trinajstić information content (AvgIpc) is 2.78. The summed E-state index contributed by atoms with van der Waals surface area (Å²) in [6.45, 7) is 5.35. The quantitative estimate of drug-likeness (QED) is 0.931. The number of aliphatic hydroxyl groups is 1. The molecule has 0 spiro atoms. The Morgan fingerprint density at radius 2 is 2.30 bits per heavy atom. The molecule has 0 bridgehead atoms. The third-order valence-electron chi connectivity index (χ3n) is 4.61. The van der Waals surface area contributed by atoms with E-state index >= 15 is 0 Å². The Bertz CT molecular complexity index is 517. The Kier molecular flexibility index (Phi) is 3.63. The zero-order valence-corrected chi connectivity index (χ0v) is 13.1. The smallest absolute Gasteiger partial charge is 0.255 e. The molecule has 2 aliphatic rings. The van der Waals surface area contributed by atoms with Crippen LogP contribution >= 0.6 is 11.3 Å². The number of hydrogen-bond donors (Lipinski definition) is 1. The first kappa shape index (κ1) is 14.1. The van der Waals surface area contributed by atoms with Crippen molar-refractivity contribution < 1.29 is 9.90 Å². The fourth-order valence-corrected chi connectivity index (χ4v) is 4.70. The molecule has 20 heavy (non-hydrogen) atoms. The van der Waals surface area contributed by atoms with Crippen molar-refractivity contribution in [1.82, 2.24) is 4.90 Å². The van der Waals surface area contributed by atoms with Gasteiger partial charge in [0.2, 0.25) is 0 Å². The maximum Gasteiger partial charge on any atom is 0.255 e. The summed E-state index contributed by atoms with van der Waals surface area (Å²) in [6, 6.07) is 0. The monoisotopic (exact) mass is 293 g/mol. The van der Waals surface area contributed by atoms with E-state index < -0.39 is 5.60 Å². The van der Waals surface area contributed by atoms with Crippen LogP contribution < -0.4 is 0 Å². The lowest BCUT2D eigenvalue weighted by Gasteiger charge is -2.46. The van der Waals surface area contributed by atoms with Gasteiger partial charge in [-0.15, -0.1) is 11.3 Å². The topological polar surface area (TPSA) is 40.5 Å².